The molecule has 0 bridgehead atoms. The lowest BCUT2D eigenvalue weighted by atomic mass is 9.98. The van der Waals surface area contributed by atoms with Gasteiger partial charge in [-0.2, -0.15) is 0 Å². The fourth-order valence-electron chi connectivity index (χ4n) is 2.91. The third-order valence-electron chi connectivity index (χ3n) is 4.56. The van der Waals surface area contributed by atoms with E-state index in [4.69, 9.17) is 4.74 Å². The number of carbonyl (C=O) groups excluding carboxylic acids is 2. The van der Waals surface area contributed by atoms with E-state index in [0.29, 0.717) is 23.0 Å². The van der Waals surface area contributed by atoms with Crippen LogP contribution in [0.2, 0.25) is 0 Å². The lowest BCUT2D eigenvalue weighted by Gasteiger charge is -2.19. The molecule has 8 heteroatoms. The number of rotatable bonds is 7. The molecule has 3 rings (SSSR count). The van der Waals surface area contributed by atoms with Crippen LogP contribution in [0.15, 0.2) is 36.5 Å². The van der Waals surface area contributed by atoms with Crippen LogP contribution >= 0.6 is 22.7 Å². The Kier molecular flexibility index (Phi) is 7.23. The first-order chi connectivity index (χ1) is 14.7. The molecular formula is C23H27N3O3S2. The highest BCUT2D eigenvalue weighted by molar-refractivity contribution is 7.16. The standard InChI is InChI=1S/C23H27N3O3S2/c1-6-29-20(28)18-15(2)30-22(25-18)26(13-12-16-10-8-7-9-11-16)19(27)17-14-24-21(31-17)23(3,4)5/h7-11,14H,6,12-13H2,1-5H3. The Balaban J connectivity index is 1.93. The molecule has 0 aliphatic carbocycles. The molecule has 0 aliphatic heterocycles. The van der Waals surface area contributed by atoms with E-state index in [2.05, 4.69) is 30.7 Å². The summed E-state index contributed by atoms with van der Waals surface area (Å²) in [5.74, 6) is -0.626. The zero-order valence-electron chi connectivity index (χ0n) is 18.5. The van der Waals surface area contributed by atoms with Gasteiger partial charge in [-0.25, -0.2) is 14.8 Å². The number of hydrogen-bond acceptors (Lipinski definition) is 7. The van der Waals surface area contributed by atoms with Crippen molar-refractivity contribution in [1.82, 2.24) is 9.97 Å². The molecule has 0 atom stereocenters. The van der Waals surface area contributed by atoms with E-state index < -0.39 is 5.97 Å². The molecule has 2 aromatic heterocycles. The molecule has 1 aromatic carbocycles. The number of anilines is 1. The van der Waals surface area contributed by atoms with Crippen molar-refractivity contribution in [1.29, 1.82) is 0 Å². The summed E-state index contributed by atoms with van der Waals surface area (Å²) < 4.78 is 5.11. The monoisotopic (exact) mass is 457 g/mol. The Bertz CT molecular complexity index is 1050. The first-order valence-electron chi connectivity index (χ1n) is 10.2. The normalized spacial score (nSPS) is 11.4. The van der Waals surface area contributed by atoms with Gasteiger partial charge in [-0.15, -0.1) is 22.7 Å². The largest absolute Gasteiger partial charge is 0.461 e. The Labute approximate surface area is 190 Å². The van der Waals surface area contributed by atoms with Crippen molar-refractivity contribution in [2.45, 2.75) is 46.5 Å². The SMILES string of the molecule is CCOC(=O)c1nc(N(CCc2ccccc2)C(=O)c2cnc(C(C)(C)C)s2)sc1C. The van der Waals surface area contributed by atoms with Gasteiger partial charge in [0.15, 0.2) is 10.8 Å². The molecule has 0 aliphatic rings. The summed E-state index contributed by atoms with van der Waals surface area (Å²) in [5.41, 5.74) is 1.25. The molecule has 0 N–H and O–H groups in total. The number of thiazole rings is 2. The van der Waals surface area contributed by atoms with Crippen molar-refractivity contribution in [3.05, 3.63) is 62.5 Å². The van der Waals surface area contributed by atoms with Crippen LogP contribution in [0.1, 0.15) is 63.3 Å². The Morgan fingerprint density at radius 1 is 1.13 bits per heavy atom. The minimum absolute atomic E-state index is 0.132. The van der Waals surface area contributed by atoms with E-state index in [9.17, 15) is 9.59 Å². The summed E-state index contributed by atoms with van der Waals surface area (Å²) in [7, 11) is 0. The van der Waals surface area contributed by atoms with Crippen molar-refractivity contribution in [3.8, 4) is 0 Å². The molecule has 0 fully saturated rings. The van der Waals surface area contributed by atoms with Crippen molar-refractivity contribution in [3.63, 3.8) is 0 Å². The summed E-state index contributed by atoms with van der Waals surface area (Å²) in [5, 5.41) is 1.40. The summed E-state index contributed by atoms with van der Waals surface area (Å²) in [6.07, 6.45) is 2.31. The average molecular weight is 458 g/mol. The maximum atomic E-state index is 13.5. The molecule has 31 heavy (non-hydrogen) atoms. The van der Waals surface area contributed by atoms with Gasteiger partial charge in [-0.05, 0) is 25.8 Å². The highest BCUT2D eigenvalue weighted by atomic mass is 32.1. The number of aromatic nitrogens is 2. The quantitative estimate of drug-likeness (QED) is 0.452. The van der Waals surface area contributed by atoms with Crippen molar-refractivity contribution >= 4 is 39.7 Å². The molecule has 0 unspecified atom stereocenters. The van der Waals surface area contributed by atoms with E-state index in [1.165, 1.54) is 22.7 Å². The minimum Gasteiger partial charge on any atom is -0.461 e. The molecule has 0 saturated carbocycles. The lowest BCUT2D eigenvalue weighted by molar-refractivity contribution is 0.0519. The van der Waals surface area contributed by atoms with Crippen LogP contribution in [0.5, 0.6) is 0 Å². The first kappa shape index (κ1) is 23.1. The highest BCUT2D eigenvalue weighted by Crippen LogP contribution is 2.31. The number of aryl methyl sites for hydroxylation is 1. The molecule has 164 valence electrons. The fourth-order valence-corrected chi connectivity index (χ4v) is 4.75. The summed E-state index contributed by atoms with van der Waals surface area (Å²) >= 11 is 2.73. The van der Waals surface area contributed by atoms with Gasteiger partial charge < -0.3 is 4.74 Å². The van der Waals surface area contributed by atoms with Crippen molar-refractivity contribution in [2.24, 2.45) is 0 Å². The number of carbonyl (C=O) groups is 2. The van der Waals surface area contributed by atoms with Crippen LogP contribution in [0, 0.1) is 6.92 Å². The average Bonchev–Trinajstić information content (AvgIpc) is 3.36. The summed E-state index contributed by atoms with van der Waals surface area (Å²) in [4.78, 5) is 37.6. The topological polar surface area (TPSA) is 72.4 Å². The smallest absolute Gasteiger partial charge is 0.358 e. The summed E-state index contributed by atoms with van der Waals surface area (Å²) in [6, 6.07) is 9.99. The Hall–Kier alpha value is -2.58. The van der Waals surface area contributed by atoms with Gasteiger partial charge in [0.2, 0.25) is 0 Å². The number of hydrogen-bond donors (Lipinski definition) is 0. The second-order valence-corrected chi connectivity index (χ2v) is 10.3. The van der Waals surface area contributed by atoms with Gasteiger partial charge >= 0.3 is 5.97 Å². The van der Waals surface area contributed by atoms with Gasteiger partial charge in [-0.3, -0.25) is 9.69 Å². The molecule has 0 radical (unpaired) electrons. The molecule has 1 amide bonds. The molecule has 0 spiro atoms. The van der Waals surface area contributed by atoms with E-state index in [-0.39, 0.29) is 23.6 Å². The van der Waals surface area contributed by atoms with E-state index in [1.807, 2.05) is 37.3 Å². The fraction of sp³-hybridized carbons (Fsp3) is 0.391. The Morgan fingerprint density at radius 2 is 1.84 bits per heavy atom. The number of ether oxygens (including phenoxy) is 1. The van der Waals surface area contributed by atoms with E-state index in [1.54, 1.807) is 18.0 Å². The minimum atomic E-state index is -0.467. The number of nitrogens with zero attached hydrogens (tertiary/aromatic N) is 3. The van der Waals surface area contributed by atoms with Crippen LogP contribution in [-0.2, 0) is 16.6 Å². The molecular weight excluding hydrogens is 430 g/mol. The number of esters is 1. The third-order valence-corrected chi connectivity index (χ3v) is 6.96. The third kappa shape index (κ3) is 5.57. The zero-order chi connectivity index (χ0) is 22.6. The van der Waals surface area contributed by atoms with Gasteiger partial charge in [0.05, 0.1) is 17.8 Å². The molecule has 6 nitrogen and oxygen atoms in total. The van der Waals surface area contributed by atoms with Crippen LogP contribution in [0.4, 0.5) is 5.13 Å². The predicted octanol–water partition coefficient (Wildman–Crippen LogP) is 5.27. The highest BCUT2D eigenvalue weighted by Gasteiger charge is 2.27. The van der Waals surface area contributed by atoms with Gasteiger partial charge in [-0.1, -0.05) is 51.1 Å². The van der Waals surface area contributed by atoms with Gasteiger partial charge in [0.1, 0.15) is 4.88 Å². The number of amides is 1. The van der Waals surface area contributed by atoms with Crippen LogP contribution in [-0.4, -0.2) is 35.0 Å². The van der Waals surface area contributed by atoms with Crippen LogP contribution in [0.3, 0.4) is 0 Å². The maximum Gasteiger partial charge on any atom is 0.358 e. The second-order valence-electron chi connectivity index (χ2n) is 8.09. The zero-order valence-corrected chi connectivity index (χ0v) is 20.1. The van der Waals surface area contributed by atoms with Crippen LogP contribution < -0.4 is 4.90 Å². The first-order valence-corrected chi connectivity index (χ1v) is 11.8. The maximum absolute atomic E-state index is 13.5. The molecule has 3 aromatic rings. The van der Waals surface area contributed by atoms with Gasteiger partial charge in [0, 0.05) is 16.8 Å². The van der Waals surface area contributed by atoms with Gasteiger partial charge in [0.25, 0.3) is 5.91 Å². The number of benzene rings is 1. The van der Waals surface area contributed by atoms with E-state index >= 15 is 0 Å². The van der Waals surface area contributed by atoms with Crippen molar-refractivity contribution in [2.75, 3.05) is 18.1 Å². The lowest BCUT2D eigenvalue weighted by Crippen LogP contribution is -2.32. The summed E-state index contributed by atoms with van der Waals surface area (Å²) in [6.45, 7) is 10.5. The molecule has 2 heterocycles. The van der Waals surface area contributed by atoms with Crippen LogP contribution in [0.25, 0.3) is 0 Å². The second kappa shape index (κ2) is 9.70. The molecule has 0 saturated heterocycles. The van der Waals surface area contributed by atoms with E-state index in [0.717, 1.165) is 15.4 Å². The van der Waals surface area contributed by atoms with Crippen molar-refractivity contribution < 1.29 is 14.3 Å². The Morgan fingerprint density at radius 3 is 2.45 bits per heavy atom. The predicted molar refractivity (Wildman–Crippen MR) is 125 cm³/mol.